The molecule has 6 nitrogen and oxygen atoms in total. The van der Waals surface area contributed by atoms with Crippen LogP contribution in [0.2, 0.25) is 0 Å². The molecule has 19 heavy (non-hydrogen) atoms. The van der Waals surface area contributed by atoms with Gasteiger partial charge in [-0.15, -0.1) is 0 Å². The fourth-order valence-electron chi connectivity index (χ4n) is 2.07. The third-order valence-electron chi connectivity index (χ3n) is 3.09. The molecular weight excluding hydrogens is 244 g/mol. The number of hydrogen-bond donors (Lipinski definition) is 2. The summed E-state index contributed by atoms with van der Waals surface area (Å²) in [6.07, 6.45) is 2.62. The number of likely N-dealkylation sites (tertiary alicyclic amines) is 1. The van der Waals surface area contributed by atoms with Crippen molar-refractivity contribution in [2.24, 2.45) is 0 Å². The number of nitrogens with two attached hydrogens (primary N) is 1. The van der Waals surface area contributed by atoms with E-state index in [0.29, 0.717) is 31.0 Å². The highest BCUT2D eigenvalue weighted by Gasteiger charge is 2.17. The molecule has 2 heterocycles. The van der Waals surface area contributed by atoms with Crippen LogP contribution in [0.15, 0.2) is 18.2 Å². The number of aromatic nitrogens is 1. The van der Waals surface area contributed by atoms with Gasteiger partial charge in [-0.2, -0.15) is 0 Å². The predicted octanol–water partition coefficient (Wildman–Crippen LogP) is 0.406. The maximum Gasteiger partial charge on any atom is 0.270 e. The summed E-state index contributed by atoms with van der Waals surface area (Å²) in [4.78, 5) is 29.1. The molecule has 0 saturated carbocycles. The van der Waals surface area contributed by atoms with Crippen molar-refractivity contribution < 1.29 is 9.59 Å². The van der Waals surface area contributed by atoms with E-state index in [-0.39, 0.29) is 11.8 Å². The number of carbonyl (C=O) groups excluding carboxylic acids is 2. The van der Waals surface area contributed by atoms with E-state index in [4.69, 9.17) is 5.73 Å². The van der Waals surface area contributed by atoms with Crippen molar-refractivity contribution in [2.45, 2.75) is 19.3 Å². The molecule has 0 spiro atoms. The van der Waals surface area contributed by atoms with Crippen LogP contribution in [0.5, 0.6) is 0 Å². The number of amides is 2. The van der Waals surface area contributed by atoms with E-state index >= 15 is 0 Å². The zero-order chi connectivity index (χ0) is 13.7. The molecule has 0 unspecified atom stereocenters. The van der Waals surface area contributed by atoms with Gasteiger partial charge in [-0.05, 0) is 25.0 Å². The molecule has 1 aromatic rings. The maximum atomic E-state index is 11.8. The fraction of sp³-hybridized carbons (Fsp3) is 0.462. The molecule has 3 N–H and O–H groups in total. The Morgan fingerprint density at radius 1 is 1.42 bits per heavy atom. The normalized spacial score (nSPS) is 15.4. The van der Waals surface area contributed by atoms with E-state index in [2.05, 4.69) is 10.3 Å². The van der Waals surface area contributed by atoms with E-state index < -0.39 is 0 Å². The third-order valence-corrected chi connectivity index (χ3v) is 3.09. The van der Waals surface area contributed by atoms with Gasteiger partial charge in [0.1, 0.15) is 11.5 Å². The molecule has 1 aliphatic rings. The summed E-state index contributed by atoms with van der Waals surface area (Å²) in [5.74, 6) is 0.221. The van der Waals surface area contributed by atoms with Gasteiger partial charge in [0.15, 0.2) is 0 Å². The fourth-order valence-corrected chi connectivity index (χ4v) is 2.07. The highest BCUT2D eigenvalue weighted by Crippen LogP contribution is 2.09. The lowest BCUT2D eigenvalue weighted by Gasteiger charge is -2.26. The van der Waals surface area contributed by atoms with Crippen molar-refractivity contribution in [3.8, 4) is 0 Å². The number of rotatable bonds is 4. The Morgan fingerprint density at radius 2 is 2.26 bits per heavy atom. The SMILES string of the molecule is Nc1cccc(C(=O)NCCN2CCCCC2=O)n1. The Balaban J connectivity index is 1.79. The lowest BCUT2D eigenvalue weighted by molar-refractivity contribution is -0.133. The Hall–Kier alpha value is -2.11. The Kier molecular flexibility index (Phi) is 4.33. The van der Waals surface area contributed by atoms with Gasteiger partial charge in [0.05, 0.1) is 0 Å². The molecule has 1 aliphatic heterocycles. The predicted molar refractivity (Wildman–Crippen MR) is 71.4 cm³/mol. The lowest BCUT2D eigenvalue weighted by atomic mass is 10.1. The average Bonchev–Trinajstić information content (AvgIpc) is 2.41. The van der Waals surface area contributed by atoms with Crippen molar-refractivity contribution in [1.82, 2.24) is 15.2 Å². The topological polar surface area (TPSA) is 88.3 Å². The van der Waals surface area contributed by atoms with Gasteiger partial charge in [-0.3, -0.25) is 9.59 Å². The molecule has 2 rings (SSSR count). The zero-order valence-corrected chi connectivity index (χ0v) is 10.8. The largest absolute Gasteiger partial charge is 0.384 e. The summed E-state index contributed by atoms with van der Waals surface area (Å²) in [6.45, 7) is 1.76. The smallest absolute Gasteiger partial charge is 0.270 e. The summed E-state index contributed by atoms with van der Waals surface area (Å²) in [5.41, 5.74) is 5.81. The minimum Gasteiger partial charge on any atom is -0.384 e. The van der Waals surface area contributed by atoms with Crippen LogP contribution >= 0.6 is 0 Å². The van der Waals surface area contributed by atoms with Crippen LogP contribution in [0.25, 0.3) is 0 Å². The number of hydrogen-bond acceptors (Lipinski definition) is 4. The van der Waals surface area contributed by atoms with Crippen LogP contribution in [0.1, 0.15) is 29.8 Å². The van der Waals surface area contributed by atoms with Crippen molar-refractivity contribution in [2.75, 3.05) is 25.4 Å². The highest BCUT2D eigenvalue weighted by atomic mass is 16.2. The monoisotopic (exact) mass is 262 g/mol. The van der Waals surface area contributed by atoms with Crippen molar-refractivity contribution in [1.29, 1.82) is 0 Å². The van der Waals surface area contributed by atoms with E-state index in [1.165, 1.54) is 0 Å². The zero-order valence-electron chi connectivity index (χ0n) is 10.8. The molecule has 1 aromatic heterocycles. The summed E-state index contributed by atoms with van der Waals surface area (Å²) >= 11 is 0. The first kappa shape index (κ1) is 13.3. The lowest BCUT2D eigenvalue weighted by Crippen LogP contribution is -2.41. The first-order chi connectivity index (χ1) is 9.16. The number of piperidine rings is 1. The molecule has 1 saturated heterocycles. The molecule has 1 fully saturated rings. The highest BCUT2D eigenvalue weighted by molar-refractivity contribution is 5.92. The molecule has 2 amide bonds. The molecule has 0 radical (unpaired) electrons. The quantitative estimate of drug-likeness (QED) is 0.822. The molecule has 102 valence electrons. The Labute approximate surface area is 112 Å². The number of carbonyl (C=O) groups is 2. The second-order valence-electron chi connectivity index (χ2n) is 4.54. The standard InChI is InChI=1S/C13H18N4O2/c14-11-5-3-4-10(16-11)13(19)15-7-9-17-8-2-1-6-12(17)18/h3-5H,1-2,6-9H2,(H2,14,16)(H,15,19). The van der Waals surface area contributed by atoms with Gasteiger partial charge in [-0.1, -0.05) is 6.07 Å². The molecule has 0 atom stereocenters. The first-order valence-corrected chi connectivity index (χ1v) is 6.45. The molecule has 0 aromatic carbocycles. The first-order valence-electron chi connectivity index (χ1n) is 6.45. The van der Waals surface area contributed by atoms with E-state index in [9.17, 15) is 9.59 Å². The molecular formula is C13H18N4O2. The van der Waals surface area contributed by atoms with Crippen LogP contribution in [-0.2, 0) is 4.79 Å². The Morgan fingerprint density at radius 3 is 3.00 bits per heavy atom. The molecule has 0 aliphatic carbocycles. The van der Waals surface area contributed by atoms with Crippen LogP contribution in [0.3, 0.4) is 0 Å². The maximum absolute atomic E-state index is 11.8. The van der Waals surface area contributed by atoms with Crippen molar-refractivity contribution >= 4 is 17.6 Å². The summed E-state index contributed by atoms with van der Waals surface area (Å²) in [7, 11) is 0. The van der Waals surface area contributed by atoms with Gasteiger partial charge < -0.3 is 16.0 Å². The van der Waals surface area contributed by atoms with Gasteiger partial charge >= 0.3 is 0 Å². The number of nitrogens with zero attached hydrogens (tertiary/aromatic N) is 2. The summed E-state index contributed by atoms with van der Waals surface area (Å²) in [5, 5.41) is 2.74. The Bertz CT molecular complexity index is 475. The van der Waals surface area contributed by atoms with Gasteiger partial charge in [0.25, 0.3) is 5.91 Å². The van der Waals surface area contributed by atoms with E-state index in [0.717, 1.165) is 19.4 Å². The number of nitrogens with one attached hydrogen (secondary N) is 1. The van der Waals surface area contributed by atoms with E-state index in [1.54, 1.807) is 23.1 Å². The van der Waals surface area contributed by atoms with Crippen LogP contribution in [0.4, 0.5) is 5.82 Å². The van der Waals surface area contributed by atoms with Crippen molar-refractivity contribution in [3.63, 3.8) is 0 Å². The third kappa shape index (κ3) is 3.67. The van der Waals surface area contributed by atoms with Gasteiger partial charge in [-0.25, -0.2) is 4.98 Å². The van der Waals surface area contributed by atoms with Crippen LogP contribution in [0, 0.1) is 0 Å². The second kappa shape index (κ2) is 6.17. The minimum absolute atomic E-state index is 0.169. The average molecular weight is 262 g/mol. The van der Waals surface area contributed by atoms with E-state index in [1.807, 2.05) is 0 Å². The number of nitrogen functional groups attached to an aromatic ring is 1. The number of pyridine rings is 1. The van der Waals surface area contributed by atoms with Gasteiger partial charge in [0, 0.05) is 26.1 Å². The summed E-state index contributed by atoms with van der Waals surface area (Å²) in [6, 6.07) is 4.92. The van der Waals surface area contributed by atoms with Gasteiger partial charge in [0.2, 0.25) is 5.91 Å². The number of anilines is 1. The molecule has 0 bridgehead atoms. The summed E-state index contributed by atoms with van der Waals surface area (Å²) < 4.78 is 0. The second-order valence-corrected chi connectivity index (χ2v) is 4.54. The molecule has 6 heteroatoms. The van der Waals surface area contributed by atoms with Crippen molar-refractivity contribution in [3.05, 3.63) is 23.9 Å². The van der Waals surface area contributed by atoms with Crippen LogP contribution < -0.4 is 11.1 Å². The minimum atomic E-state index is -0.267. The van der Waals surface area contributed by atoms with Crippen LogP contribution in [-0.4, -0.2) is 41.3 Å².